The number of rotatable bonds is 5. The molecule has 0 bridgehead atoms. The molecule has 0 aliphatic carbocycles. The minimum atomic E-state index is -0.534. The van der Waals surface area contributed by atoms with E-state index in [1.165, 1.54) is 4.57 Å². The highest BCUT2D eigenvalue weighted by Crippen LogP contribution is 2.51. The molecule has 1 aliphatic rings. The Morgan fingerprint density at radius 1 is 1.04 bits per heavy atom. The van der Waals surface area contributed by atoms with Crippen LogP contribution in [0.2, 0.25) is 0 Å². The SMILES string of the molecule is CC(C)Oc1c(O)c2c3c(oc(=O)n3C=CC2c2ccccc2)c1OC(C)C. The Morgan fingerprint density at radius 2 is 1.68 bits per heavy atom. The fraction of sp³-hybridized carbons (Fsp3) is 0.318. The van der Waals surface area contributed by atoms with Crippen molar-refractivity contribution in [3.8, 4) is 17.2 Å². The van der Waals surface area contributed by atoms with Gasteiger partial charge in [-0.2, -0.15) is 0 Å². The summed E-state index contributed by atoms with van der Waals surface area (Å²) in [6.45, 7) is 7.46. The van der Waals surface area contributed by atoms with Gasteiger partial charge in [0.05, 0.1) is 12.2 Å². The number of hydrogen-bond acceptors (Lipinski definition) is 5. The van der Waals surface area contributed by atoms with E-state index < -0.39 is 5.76 Å². The van der Waals surface area contributed by atoms with E-state index in [0.29, 0.717) is 11.1 Å². The Bertz CT molecular complexity index is 1110. The van der Waals surface area contributed by atoms with Crippen LogP contribution >= 0.6 is 0 Å². The predicted octanol–water partition coefficient (Wildman–Crippen LogP) is 4.49. The number of aromatic hydroxyl groups is 1. The molecule has 1 aliphatic heterocycles. The third kappa shape index (κ3) is 2.85. The van der Waals surface area contributed by atoms with Gasteiger partial charge < -0.3 is 19.0 Å². The maximum atomic E-state index is 12.4. The van der Waals surface area contributed by atoms with Crippen LogP contribution in [0.5, 0.6) is 17.2 Å². The van der Waals surface area contributed by atoms with Crippen LogP contribution in [-0.2, 0) is 0 Å². The Kier molecular flexibility index (Phi) is 4.41. The summed E-state index contributed by atoms with van der Waals surface area (Å²) in [4.78, 5) is 12.4. The Labute approximate surface area is 162 Å². The summed E-state index contributed by atoms with van der Waals surface area (Å²) in [5.74, 6) is -0.372. The van der Waals surface area contributed by atoms with Crippen molar-refractivity contribution in [2.24, 2.45) is 0 Å². The zero-order valence-corrected chi connectivity index (χ0v) is 16.3. The van der Waals surface area contributed by atoms with Crippen LogP contribution in [0.25, 0.3) is 17.3 Å². The molecule has 3 aromatic rings. The van der Waals surface area contributed by atoms with E-state index in [1.807, 2.05) is 64.1 Å². The van der Waals surface area contributed by atoms with Gasteiger partial charge in [-0.15, -0.1) is 0 Å². The van der Waals surface area contributed by atoms with Gasteiger partial charge in [-0.3, -0.25) is 0 Å². The van der Waals surface area contributed by atoms with Crippen molar-refractivity contribution in [2.75, 3.05) is 0 Å². The zero-order chi connectivity index (χ0) is 20.0. The molecular weight excluding hydrogens is 358 g/mol. The molecule has 28 heavy (non-hydrogen) atoms. The first kappa shape index (κ1) is 18.2. The summed E-state index contributed by atoms with van der Waals surface area (Å²) in [5.41, 5.74) is 2.35. The lowest BCUT2D eigenvalue weighted by Gasteiger charge is -2.25. The molecule has 146 valence electrons. The highest BCUT2D eigenvalue weighted by atomic mass is 16.5. The van der Waals surface area contributed by atoms with E-state index in [-0.39, 0.29) is 41.0 Å². The van der Waals surface area contributed by atoms with E-state index in [0.717, 1.165) is 5.56 Å². The summed E-state index contributed by atoms with van der Waals surface area (Å²) in [7, 11) is 0. The maximum absolute atomic E-state index is 12.4. The molecule has 6 nitrogen and oxygen atoms in total. The number of allylic oxidation sites excluding steroid dienone is 1. The van der Waals surface area contributed by atoms with E-state index in [2.05, 4.69) is 0 Å². The van der Waals surface area contributed by atoms with Crippen molar-refractivity contribution in [1.29, 1.82) is 0 Å². The second-order valence-corrected chi connectivity index (χ2v) is 7.40. The average Bonchev–Trinajstić information content (AvgIpc) is 2.99. The van der Waals surface area contributed by atoms with Gasteiger partial charge in [0, 0.05) is 17.7 Å². The monoisotopic (exact) mass is 381 g/mol. The standard InChI is InChI=1S/C22H23NO5/c1-12(2)26-20-18(24)16-15(14-8-6-5-7-9-14)10-11-23-17(16)19(28-22(23)25)21(20)27-13(3)4/h5-13,15,24H,1-4H3. The average molecular weight is 381 g/mol. The van der Waals surface area contributed by atoms with Gasteiger partial charge in [-0.25, -0.2) is 9.36 Å². The minimum absolute atomic E-state index is 0.0374. The van der Waals surface area contributed by atoms with E-state index in [4.69, 9.17) is 13.9 Å². The first-order valence-electron chi connectivity index (χ1n) is 9.39. The zero-order valence-electron chi connectivity index (χ0n) is 16.3. The first-order chi connectivity index (χ1) is 13.4. The normalized spacial score (nSPS) is 15.6. The minimum Gasteiger partial charge on any atom is -0.504 e. The highest BCUT2D eigenvalue weighted by molar-refractivity contribution is 5.93. The number of benzene rings is 2. The van der Waals surface area contributed by atoms with Gasteiger partial charge in [0.2, 0.25) is 17.1 Å². The fourth-order valence-corrected chi connectivity index (χ4v) is 3.56. The number of phenolic OH excluding ortho intramolecular Hbond substituents is 1. The topological polar surface area (TPSA) is 73.8 Å². The number of nitrogens with zero attached hydrogens (tertiary/aromatic N) is 1. The van der Waals surface area contributed by atoms with Gasteiger partial charge in [0.25, 0.3) is 0 Å². The van der Waals surface area contributed by atoms with E-state index in [1.54, 1.807) is 6.20 Å². The summed E-state index contributed by atoms with van der Waals surface area (Å²) in [6, 6.07) is 9.78. The van der Waals surface area contributed by atoms with Crippen molar-refractivity contribution in [2.45, 2.75) is 45.8 Å². The molecule has 0 saturated carbocycles. The summed E-state index contributed by atoms with van der Waals surface area (Å²) in [5, 5.41) is 11.2. The van der Waals surface area contributed by atoms with Crippen LogP contribution in [0.15, 0.2) is 45.6 Å². The second kappa shape index (κ2) is 6.78. The number of oxazole rings is 1. The van der Waals surface area contributed by atoms with Gasteiger partial charge in [0.1, 0.15) is 5.52 Å². The number of phenols is 1. The largest absolute Gasteiger partial charge is 0.504 e. The maximum Gasteiger partial charge on any atom is 0.424 e. The predicted molar refractivity (Wildman–Crippen MR) is 107 cm³/mol. The lowest BCUT2D eigenvalue weighted by atomic mass is 9.88. The number of ether oxygens (including phenoxy) is 2. The van der Waals surface area contributed by atoms with Crippen LogP contribution in [0.1, 0.15) is 44.7 Å². The summed E-state index contributed by atoms with van der Waals surface area (Å²) >= 11 is 0. The second-order valence-electron chi connectivity index (χ2n) is 7.40. The molecule has 0 fully saturated rings. The summed E-state index contributed by atoms with van der Waals surface area (Å²) in [6.07, 6.45) is 3.16. The highest BCUT2D eigenvalue weighted by Gasteiger charge is 2.33. The lowest BCUT2D eigenvalue weighted by molar-refractivity contribution is 0.192. The molecule has 0 spiro atoms. The molecule has 6 heteroatoms. The van der Waals surface area contributed by atoms with Gasteiger partial charge >= 0.3 is 5.76 Å². The van der Waals surface area contributed by atoms with Crippen LogP contribution < -0.4 is 15.2 Å². The van der Waals surface area contributed by atoms with E-state index in [9.17, 15) is 9.90 Å². The van der Waals surface area contributed by atoms with Gasteiger partial charge in [-0.1, -0.05) is 36.4 Å². The van der Waals surface area contributed by atoms with Crippen molar-refractivity contribution in [3.05, 3.63) is 58.1 Å². The molecule has 2 heterocycles. The van der Waals surface area contributed by atoms with Crippen molar-refractivity contribution >= 4 is 17.3 Å². The molecule has 1 aromatic heterocycles. The fourth-order valence-electron chi connectivity index (χ4n) is 3.56. The smallest absolute Gasteiger partial charge is 0.424 e. The third-order valence-corrected chi connectivity index (χ3v) is 4.58. The molecule has 0 radical (unpaired) electrons. The third-order valence-electron chi connectivity index (χ3n) is 4.58. The van der Waals surface area contributed by atoms with Gasteiger partial charge in [-0.05, 0) is 33.3 Å². The van der Waals surface area contributed by atoms with Crippen LogP contribution in [-0.4, -0.2) is 21.9 Å². The van der Waals surface area contributed by atoms with E-state index >= 15 is 0 Å². The molecule has 0 saturated heterocycles. The van der Waals surface area contributed by atoms with Crippen molar-refractivity contribution < 1.29 is 19.0 Å². The molecule has 1 unspecified atom stereocenters. The Morgan fingerprint density at radius 3 is 2.32 bits per heavy atom. The summed E-state index contributed by atoms with van der Waals surface area (Å²) < 4.78 is 18.8. The molecule has 2 aromatic carbocycles. The molecular formula is C22H23NO5. The van der Waals surface area contributed by atoms with Crippen LogP contribution in [0.4, 0.5) is 0 Å². The van der Waals surface area contributed by atoms with Crippen LogP contribution in [0, 0.1) is 0 Å². The van der Waals surface area contributed by atoms with Crippen LogP contribution in [0.3, 0.4) is 0 Å². The number of hydrogen-bond donors (Lipinski definition) is 1. The Hall–Kier alpha value is -3.15. The molecule has 4 rings (SSSR count). The lowest BCUT2D eigenvalue weighted by Crippen LogP contribution is -2.15. The first-order valence-corrected chi connectivity index (χ1v) is 9.39. The molecule has 1 N–H and O–H groups in total. The number of aromatic nitrogens is 1. The van der Waals surface area contributed by atoms with Gasteiger partial charge in [0.15, 0.2) is 5.75 Å². The molecule has 0 amide bonds. The quantitative estimate of drug-likeness (QED) is 0.705. The van der Waals surface area contributed by atoms with Crippen molar-refractivity contribution in [1.82, 2.24) is 4.57 Å². The Balaban J connectivity index is 2.08. The molecule has 1 atom stereocenters. The van der Waals surface area contributed by atoms with Crippen molar-refractivity contribution in [3.63, 3.8) is 0 Å².